The molecule has 0 aromatic heterocycles. The summed E-state index contributed by atoms with van der Waals surface area (Å²) in [5.41, 5.74) is 4.24. The minimum absolute atomic E-state index is 0.0464. The molecule has 0 saturated carbocycles. The largest absolute Gasteiger partial charge is 0.416 e. The smallest absolute Gasteiger partial charge is 0.349 e. The van der Waals surface area contributed by atoms with Crippen molar-refractivity contribution in [1.82, 2.24) is 5.32 Å². The van der Waals surface area contributed by atoms with Crippen LogP contribution in [0.3, 0.4) is 0 Å². The van der Waals surface area contributed by atoms with Crippen LogP contribution in [0.5, 0.6) is 0 Å². The van der Waals surface area contributed by atoms with Crippen molar-refractivity contribution in [3.8, 4) is 0 Å². The molecule has 7 heteroatoms. The fourth-order valence-electron chi connectivity index (χ4n) is 1.38. The number of halogens is 3. The number of alkyl halides is 3. The molecule has 0 spiro atoms. The van der Waals surface area contributed by atoms with Crippen LogP contribution in [0.2, 0.25) is 0 Å². The standard InChI is InChI=1S/C13H17F3N2OS/c1-12(2,8-17)18-11(19)7-20-10-5-3-4-9(6-10)13(14,15)16/h3-6H,7-8,17H2,1-2H3,(H,18,19). The number of hydrogen-bond acceptors (Lipinski definition) is 3. The van der Waals surface area contributed by atoms with Crippen molar-refractivity contribution in [3.63, 3.8) is 0 Å². The molecule has 0 radical (unpaired) electrons. The first-order valence-corrected chi connectivity index (χ1v) is 6.94. The van der Waals surface area contributed by atoms with Gasteiger partial charge in [-0.05, 0) is 32.0 Å². The van der Waals surface area contributed by atoms with Gasteiger partial charge in [0.1, 0.15) is 0 Å². The van der Waals surface area contributed by atoms with E-state index in [1.165, 1.54) is 6.07 Å². The van der Waals surface area contributed by atoms with Crippen molar-refractivity contribution >= 4 is 17.7 Å². The Morgan fingerprint density at radius 1 is 1.35 bits per heavy atom. The van der Waals surface area contributed by atoms with Gasteiger partial charge in [-0.25, -0.2) is 0 Å². The van der Waals surface area contributed by atoms with E-state index in [9.17, 15) is 18.0 Å². The number of rotatable bonds is 5. The van der Waals surface area contributed by atoms with Gasteiger partial charge >= 0.3 is 6.18 Å². The third-order valence-corrected chi connectivity index (χ3v) is 3.51. The van der Waals surface area contributed by atoms with Crippen LogP contribution in [0.25, 0.3) is 0 Å². The van der Waals surface area contributed by atoms with Crippen LogP contribution in [0, 0.1) is 0 Å². The van der Waals surface area contributed by atoms with E-state index in [-0.39, 0.29) is 18.2 Å². The number of amides is 1. The highest BCUT2D eigenvalue weighted by Crippen LogP contribution is 2.31. The van der Waals surface area contributed by atoms with Crippen molar-refractivity contribution in [1.29, 1.82) is 0 Å². The summed E-state index contributed by atoms with van der Waals surface area (Å²) in [6.07, 6.45) is -4.37. The SMILES string of the molecule is CC(C)(CN)NC(=O)CSc1cccc(C(F)(F)F)c1. The molecule has 3 N–H and O–H groups in total. The third kappa shape index (κ3) is 5.42. The average molecular weight is 306 g/mol. The molecule has 1 rings (SSSR count). The first kappa shape index (κ1) is 16.8. The van der Waals surface area contributed by atoms with Crippen LogP contribution in [-0.2, 0) is 11.0 Å². The van der Waals surface area contributed by atoms with Gasteiger partial charge in [-0.2, -0.15) is 13.2 Å². The Balaban J connectivity index is 2.60. The van der Waals surface area contributed by atoms with Crippen molar-refractivity contribution in [2.75, 3.05) is 12.3 Å². The second-order valence-corrected chi connectivity index (χ2v) is 6.00. The molecule has 0 aliphatic carbocycles. The molecule has 0 bridgehead atoms. The fraction of sp³-hybridized carbons (Fsp3) is 0.462. The summed E-state index contributed by atoms with van der Waals surface area (Å²) in [4.78, 5) is 12.1. The number of hydrogen-bond donors (Lipinski definition) is 2. The molecule has 0 atom stereocenters. The van der Waals surface area contributed by atoms with Gasteiger partial charge in [-0.1, -0.05) is 6.07 Å². The molecular formula is C13H17F3N2OS. The average Bonchev–Trinajstić information content (AvgIpc) is 2.35. The zero-order chi connectivity index (χ0) is 15.4. The number of carbonyl (C=O) groups excluding carboxylic acids is 1. The molecule has 0 aliphatic heterocycles. The zero-order valence-electron chi connectivity index (χ0n) is 11.3. The summed E-state index contributed by atoms with van der Waals surface area (Å²) in [5, 5.41) is 2.71. The van der Waals surface area contributed by atoms with Crippen LogP contribution in [0.1, 0.15) is 19.4 Å². The van der Waals surface area contributed by atoms with Gasteiger partial charge in [0.25, 0.3) is 0 Å². The van der Waals surface area contributed by atoms with Gasteiger partial charge in [0.15, 0.2) is 0 Å². The molecule has 112 valence electrons. The lowest BCUT2D eigenvalue weighted by Crippen LogP contribution is -2.49. The Morgan fingerprint density at radius 3 is 2.55 bits per heavy atom. The molecule has 0 fully saturated rings. The lowest BCUT2D eigenvalue weighted by molar-refractivity contribution is -0.137. The van der Waals surface area contributed by atoms with Gasteiger partial charge in [0.05, 0.1) is 11.3 Å². The molecule has 20 heavy (non-hydrogen) atoms. The third-order valence-electron chi connectivity index (χ3n) is 2.52. The van der Waals surface area contributed by atoms with Crippen LogP contribution in [0.4, 0.5) is 13.2 Å². The lowest BCUT2D eigenvalue weighted by atomic mass is 10.1. The van der Waals surface area contributed by atoms with E-state index in [0.29, 0.717) is 4.90 Å². The van der Waals surface area contributed by atoms with Crippen molar-refractivity contribution in [3.05, 3.63) is 29.8 Å². The van der Waals surface area contributed by atoms with E-state index in [4.69, 9.17) is 5.73 Å². The van der Waals surface area contributed by atoms with Crippen LogP contribution in [0.15, 0.2) is 29.2 Å². The van der Waals surface area contributed by atoms with Crippen LogP contribution in [-0.4, -0.2) is 23.7 Å². The number of nitrogens with one attached hydrogen (secondary N) is 1. The van der Waals surface area contributed by atoms with E-state index < -0.39 is 17.3 Å². The Bertz CT molecular complexity index is 475. The van der Waals surface area contributed by atoms with Crippen molar-refractivity contribution in [2.45, 2.75) is 30.5 Å². The maximum Gasteiger partial charge on any atom is 0.416 e. The molecular weight excluding hydrogens is 289 g/mol. The lowest BCUT2D eigenvalue weighted by Gasteiger charge is -2.24. The molecule has 0 aliphatic rings. The van der Waals surface area contributed by atoms with Gasteiger partial charge in [0.2, 0.25) is 5.91 Å². The predicted molar refractivity (Wildman–Crippen MR) is 73.4 cm³/mol. The van der Waals surface area contributed by atoms with E-state index in [2.05, 4.69) is 5.32 Å². The second-order valence-electron chi connectivity index (χ2n) is 4.95. The molecule has 1 aromatic carbocycles. The first-order valence-electron chi connectivity index (χ1n) is 5.95. The van der Waals surface area contributed by atoms with Gasteiger partial charge in [-0.3, -0.25) is 4.79 Å². The summed E-state index contributed by atoms with van der Waals surface area (Å²) >= 11 is 1.06. The van der Waals surface area contributed by atoms with E-state index in [0.717, 1.165) is 23.9 Å². The number of nitrogens with two attached hydrogens (primary N) is 1. The highest BCUT2D eigenvalue weighted by Gasteiger charge is 2.30. The molecule has 1 amide bonds. The maximum atomic E-state index is 12.5. The quantitative estimate of drug-likeness (QED) is 0.822. The second kappa shape index (κ2) is 6.49. The zero-order valence-corrected chi connectivity index (χ0v) is 12.1. The number of carbonyl (C=O) groups is 1. The molecule has 1 aromatic rings. The maximum absolute atomic E-state index is 12.5. The number of thioether (sulfide) groups is 1. The summed E-state index contributed by atoms with van der Waals surface area (Å²) in [6, 6.07) is 4.90. The summed E-state index contributed by atoms with van der Waals surface area (Å²) in [7, 11) is 0. The Kier molecular flexibility index (Phi) is 5.47. The minimum Gasteiger partial charge on any atom is -0.349 e. The molecule has 0 heterocycles. The van der Waals surface area contributed by atoms with Crippen LogP contribution < -0.4 is 11.1 Å². The minimum atomic E-state index is -4.37. The fourth-order valence-corrected chi connectivity index (χ4v) is 2.13. The van der Waals surface area contributed by atoms with Gasteiger partial charge < -0.3 is 11.1 Å². The van der Waals surface area contributed by atoms with E-state index in [1.807, 2.05) is 0 Å². The Morgan fingerprint density at radius 2 is 2.00 bits per heavy atom. The van der Waals surface area contributed by atoms with Gasteiger partial charge in [0, 0.05) is 17.0 Å². The van der Waals surface area contributed by atoms with Crippen LogP contribution >= 0.6 is 11.8 Å². The predicted octanol–water partition coefficient (Wildman–Crippen LogP) is 2.65. The summed E-state index contributed by atoms with van der Waals surface area (Å²) < 4.78 is 37.6. The first-order chi connectivity index (χ1) is 9.14. The Hall–Kier alpha value is -1.21. The topological polar surface area (TPSA) is 55.1 Å². The van der Waals surface area contributed by atoms with E-state index >= 15 is 0 Å². The van der Waals surface area contributed by atoms with Gasteiger partial charge in [-0.15, -0.1) is 11.8 Å². The molecule has 0 unspecified atom stereocenters. The highest BCUT2D eigenvalue weighted by atomic mass is 32.2. The number of benzene rings is 1. The van der Waals surface area contributed by atoms with Crippen molar-refractivity contribution < 1.29 is 18.0 Å². The normalized spacial score (nSPS) is 12.3. The van der Waals surface area contributed by atoms with E-state index in [1.54, 1.807) is 19.9 Å². The molecule has 3 nitrogen and oxygen atoms in total. The molecule has 0 saturated heterocycles. The monoisotopic (exact) mass is 306 g/mol. The van der Waals surface area contributed by atoms with Crippen molar-refractivity contribution in [2.24, 2.45) is 5.73 Å². The summed E-state index contributed by atoms with van der Waals surface area (Å²) in [5.74, 6) is -0.215. The Labute approximate surface area is 120 Å². The highest BCUT2D eigenvalue weighted by molar-refractivity contribution is 8.00. The summed E-state index contributed by atoms with van der Waals surface area (Å²) in [6.45, 7) is 3.84.